The molecule has 0 bridgehead atoms. The number of aliphatic hydroxyl groups is 1. The Bertz CT molecular complexity index is 152. The summed E-state index contributed by atoms with van der Waals surface area (Å²) in [6.07, 6.45) is 4.10. The molecular weight excluding hydrogens is 196 g/mol. The Balaban J connectivity index is 1.97. The van der Waals surface area contributed by atoms with Crippen molar-refractivity contribution in [1.82, 2.24) is 10.9 Å². The van der Waals surface area contributed by atoms with Gasteiger partial charge in [0.05, 0.1) is 6.61 Å². The lowest BCUT2D eigenvalue weighted by atomic mass is 10.2. The van der Waals surface area contributed by atoms with Crippen LogP contribution in [0.1, 0.15) is 32.6 Å². The zero-order chi connectivity index (χ0) is 10.9. The van der Waals surface area contributed by atoms with Crippen molar-refractivity contribution in [2.75, 3.05) is 19.8 Å². The second-order valence-corrected chi connectivity index (χ2v) is 3.73. The van der Waals surface area contributed by atoms with Crippen LogP contribution < -0.4 is 10.9 Å². The van der Waals surface area contributed by atoms with Gasteiger partial charge in [-0.3, -0.25) is 0 Å². The molecule has 1 aliphatic heterocycles. The molecule has 1 aliphatic rings. The second-order valence-electron chi connectivity index (χ2n) is 3.73. The Morgan fingerprint density at radius 1 is 1.53 bits per heavy atom. The van der Waals surface area contributed by atoms with E-state index in [1.165, 1.54) is 6.42 Å². The standard InChI is InChI=1S/C10H22N2O3/c1-9(14-8-4-6-13)11-12-10-5-2-3-7-15-10/h9-13H,2-8H2,1H3. The first kappa shape index (κ1) is 12.9. The lowest BCUT2D eigenvalue weighted by molar-refractivity contribution is -0.0425. The van der Waals surface area contributed by atoms with Crippen LogP contribution >= 0.6 is 0 Å². The molecule has 1 saturated heterocycles. The summed E-state index contributed by atoms with van der Waals surface area (Å²) in [6.45, 7) is 3.50. The topological polar surface area (TPSA) is 62.8 Å². The summed E-state index contributed by atoms with van der Waals surface area (Å²) in [5.74, 6) is 0. The molecule has 2 atom stereocenters. The molecule has 1 rings (SSSR count). The van der Waals surface area contributed by atoms with E-state index in [9.17, 15) is 0 Å². The molecule has 1 heterocycles. The van der Waals surface area contributed by atoms with Crippen LogP contribution in [0.3, 0.4) is 0 Å². The van der Waals surface area contributed by atoms with Gasteiger partial charge in [-0.15, -0.1) is 0 Å². The fraction of sp³-hybridized carbons (Fsp3) is 1.00. The fourth-order valence-corrected chi connectivity index (χ4v) is 1.43. The zero-order valence-corrected chi connectivity index (χ0v) is 9.37. The molecule has 90 valence electrons. The predicted octanol–water partition coefficient (Wildman–Crippen LogP) is 0.352. The highest BCUT2D eigenvalue weighted by molar-refractivity contribution is 4.59. The van der Waals surface area contributed by atoms with E-state index in [4.69, 9.17) is 14.6 Å². The molecule has 0 amide bonds. The fourth-order valence-electron chi connectivity index (χ4n) is 1.43. The third-order valence-corrected chi connectivity index (χ3v) is 2.30. The maximum Gasteiger partial charge on any atom is 0.120 e. The largest absolute Gasteiger partial charge is 0.396 e. The van der Waals surface area contributed by atoms with Crippen LogP contribution in [0.25, 0.3) is 0 Å². The van der Waals surface area contributed by atoms with Crippen LogP contribution in [0.2, 0.25) is 0 Å². The number of hydrogen-bond acceptors (Lipinski definition) is 5. The van der Waals surface area contributed by atoms with Crippen LogP contribution in [-0.2, 0) is 9.47 Å². The Morgan fingerprint density at radius 3 is 3.07 bits per heavy atom. The summed E-state index contributed by atoms with van der Waals surface area (Å²) in [7, 11) is 0. The molecule has 0 radical (unpaired) electrons. The highest BCUT2D eigenvalue weighted by atomic mass is 16.5. The minimum Gasteiger partial charge on any atom is -0.396 e. The predicted molar refractivity (Wildman–Crippen MR) is 57.0 cm³/mol. The molecule has 0 aliphatic carbocycles. The molecule has 1 fully saturated rings. The van der Waals surface area contributed by atoms with Crippen LogP contribution in [0, 0.1) is 0 Å². The SMILES string of the molecule is CC(NNC1CCCCO1)OCCCO. The lowest BCUT2D eigenvalue weighted by Gasteiger charge is -2.25. The van der Waals surface area contributed by atoms with Gasteiger partial charge in [-0.25, -0.2) is 10.9 Å². The van der Waals surface area contributed by atoms with Gasteiger partial charge in [0.2, 0.25) is 0 Å². The van der Waals surface area contributed by atoms with Crippen molar-refractivity contribution in [2.24, 2.45) is 0 Å². The molecule has 2 unspecified atom stereocenters. The number of hydrogen-bond donors (Lipinski definition) is 3. The number of hydrazine groups is 1. The maximum absolute atomic E-state index is 8.58. The number of aliphatic hydroxyl groups excluding tert-OH is 1. The minimum absolute atomic E-state index is 0.0675. The zero-order valence-electron chi connectivity index (χ0n) is 9.37. The highest BCUT2D eigenvalue weighted by Gasteiger charge is 2.13. The number of ether oxygens (including phenoxy) is 2. The van der Waals surface area contributed by atoms with Crippen molar-refractivity contribution in [3.8, 4) is 0 Å². The first-order chi connectivity index (χ1) is 7.33. The van der Waals surface area contributed by atoms with Crippen molar-refractivity contribution in [3.63, 3.8) is 0 Å². The molecule has 0 aromatic rings. The van der Waals surface area contributed by atoms with E-state index in [1.807, 2.05) is 6.92 Å². The van der Waals surface area contributed by atoms with Crippen molar-refractivity contribution < 1.29 is 14.6 Å². The molecule has 0 saturated carbocycles. The van der Waals surface area contributed by atoms with Crippen LogP contribution in [-0.4, -0.2) is 37.4 Å². The Labute approximate surface area is 91.1 Å². The molecule has 0 aromatic heterocycles. The highest BCUT2D eigenvalue weighted by Crippen LogP contribution is 2.09. The number of nitrogens with one attached hydrogen (secondary N) is 2. The Morgan fingerprint density at radius 2 is 2.40 bits per heavy atom. The van der Waals surface area contributed by atoms with E-state index in [-0.39, 0.29) is 19.1 Å². The Kier molecular flexibility index (Phi) is 6.87. The maximum atomic E-state index is 8.58. The average Bonchev–Trinajstić information content (AvgIpc) is 2.28. The van der Waals surface area contributed by atoms with Crippen LogP contribution in [0.5, 0.6) is 0 Å². The molecule has 15 heavy (non-hydrogen) atoms. The quantitative estimate of drug-likeness (QED) is 0.327. The molecular formula is C10H22N2O3. The van der Waals surface area contributed by atoms with E-state index in [2.05, 4.69) is 10.9 Å². The third-order valence-electron chi connectivity index (χ3n) is 2.30. The number of rotatable bonds is 7. The molecule has 5 nitrogen and oxygen atoms in total. The first-order valence-corrected chi connectivity index (χ1v) is 5.68. The van der Waals surface area contributed by atoms with Crippen molar-refractivity contribution >= 4 is 0 Å². The monoisotopic (exact) mass is 218 g/mol. The summed E-state index contributed by atoms with van der Waals surface area (Å²) in [4.78, 5) is 0. The van der Waals surface area contributed by atoms with E-state index in [1.54, 1.807) is 0 Å². The molecule has 0 aromatic carbocycles. The van der Waals surface area contributed by atoms with Gasteiger partial charge in [0.25, 0.3) is 0 Å². The molecule has 0 spiro atoms. The van der Waals surface area contributed by atoms with Gasteiger partial charge in [0.1, 0.15) is 12.5 Å². The van der Waals surface area contributed by atoms with Gasteiger partial charge in [-0.05, 0) is 32.6 Å². The molecule has 5 heteroatoms. The van der Waals surface area contributed by atoms with Gasteiger partial charge in [-0.1, -0.05) is 0 Å². The van der Waals surface area contributed by atoms with Gasteiger partial charge < -0.3 is 14.6 Å². The van der Waals surface area contributed by atoms with Gasteiger partial charge >= 0.3 is 0 Å². The van der Waals surface area contributed by atoms with Gasteiger partial charge in [-0.2, -0.15) is 0 Å². The summed E-state index contributed by atoms with van der Waals surface area (Å²) in [5, 5.41) is 8.58. The molecule has 3 N–H and O–H groups in total. The van der Waals surface area contributed by atoms with Gasteiger partial charge in [0, 0.05) is 13.2 Å². The summed E-state index contributed by atoms with van der Waals surface area (Å²) >= 11 is 0. The summed E-state index contributed by atoms with van der Waals surface area (Å²) in [6, 6.07) is 0. The van der Waals surface area contributed by atoms with E-state index >= 15 is 0 Å². The minimum atomic E-state index is -0.0675. The van der Waals surface area contributed by atoms with E-state index in [0.717, 1.165) is 19.4 Å². The first-order valence-electron chi connectivity index (χ1n) is 5.68. The van der Waals surface area contributed by atoms with E-state index in [0.29, 0.717) is 13.0 Å². The lowest BCUT2D eigenvalue weighted by Crippen LogP contribution is -2.48. The summed E-state index contributed by atoms with van der Waals surface area (Å²) in [5.41, 5.74) is 6.12. The van der Waals surface area contributed by atoms with Crippen molar-refractivity contribution in [3.05, 3.63) is 0 Å². The normalized spacial score (nSPS) is 24.0. The van der Waals surface area contributed by atoms with Crippen molar-refractivity contribution in [1.29, 1.82) is 0 Å². The Hall–Kier alpha value is -0.200. The van der Waals surface area contributed by atoms with E-state index < -0.39 is 0 Å². The smallest absolute Gasteiger partial charge is 0.120 e. The van der Waals surface area contributed by atoms with Gasteiger partial charge in [0.15, 0.2) is 0 Å². The van der Waals surface area contributed by atoms with Crippen LogP contribution in [0.4, 0.5) is 0 Å². The third kappa shape index (κ3) is 6.06. The second kappa shape index (κ2) is 8.01. The van der Waals surface area contributed by atoms with Crippen LogP contribution in [0.15, 0.2) is 0 Å². The average molecular weight is 218 g/mol. The van der Waals surface area contributed by atoms with Crippen molar-refractivity contribution in [2.45, 2.75) is 45.1 Å². The summed E-state index contributed by atoms with van der Waals surface area (Å²) < 4.78 is 10.9.